The summed E-state index contributed by atoms with van der Waals surface area (Å²) in [5, 5.41) is 2.63. The van der Waals surface area contributed by atoms with Gasteiger partial charge in [0.1, 0.15) is 12.6 Å². The van der Waals surface area contributed by atoms with Gasteiger partial charge in [0.15, 0.2) is 0 Å². The van der Waals surface area contributed by atoms with Crippen LogP contribution in [-0.2, 0) is 19.8 Å². The first kappa shape index (κ1) is 21.2. The maximum absolute atomic E-state index is 12.6. The second-order valence-corrected chi connectivity index (χ2v) is 8.87. The molecule has 1 aromatic carbocycles. The largest absolute Gasteiger partial charge is 0.343 e. The number of hydrogen-bond acceptors (Lipinski definition) is 4. The van der Waals surface area contributed by atoms with Crippen molar-refractivity contribution in [3.05, 3.63) is 30.3 Å². The third-order valence-electron chi connectivity index (χ3n) is 4.49. The van der Waals surface area contributed by atoms with Crippen LogP contribution in [0.5, 0.6) is 0 Å². The van der Waals surface area contributed by atoms with Crippen LogP contribution in [0.1, 0.15) is 26.2 Å². The Hall–Kier alpha value is -2.13. The van der Waals surface area contributed by atoms with E-state index < -0.39 is 28.7 Å². The van der Waals surface area contributed by atoms with Gasteiger partial charge in [0.25, 0.3) is 0 Å². The lowest BCUT2D eigenvalue weighted by Crippen LogP contribution is -2.52. The molecule has 1 heterocycles. The maximum atomic E-state index is 12.6. The molecule has 2 rings (SSSR count). The van der Waals surface area contributed by atoms with Crippen molar-refractivity contribution in [3.8, 4) is 0 Å². The Morgan fingerprint density at radius 2 is 1.70 bits per heavy atom. The van der Waals surface area contributed by atoms with Gasteiger partial charge < -0.3 is 10.2 Å². The fourth-order valence-electron chi connectivity index (χ4n) is 2.96. The van der Waals surface area contributed by atoms with E-state index in [4.69, 9.17) is 0 Å². The zero-order valence-corrected chi connectivity index (χ0v) is 16.9. The molecule has 1 aliphatic heterocycles. The molecule has 1 saturated heterocycles. The Kier molecular flexibility index (Phi) is 7.20. The summed E-state index contributed by atoms with van der Waals surface area (Å²) in [6, 6.07) is 7.72. The Labute approximate surface area is 161 Å². The van der Waals surface area contributed by atoms with Crippen LogP contribution in [0.2, 0.25) is 0 Å². The summed E-state index contributed by atoms with van der Waals surface area (Å²) in [7, 11) is -1.04. The van der Waals surface area contributed by atoms with Crippen molar-refractivity contribution in [2.24, 2.45) is 0 Å². The number of hydrogen-bond donors (Lipinski definition) is 1. The average Bonchev–Trinajstić information content (AvgIpc) is 2.66. The molecule has 9 heteroatoms. The summed E-state index contributed by atoms with van der Waals surface area (Å²) in [5.41, 5.74) is 0.386. The van der Waals surface area contributed by atoms with E-state index in [0.29, 0.717) is 18.8 Å². The van der Waals surface area contributed by atoms with E-state index in [1.807, 2.05) is 0 Å². The number of nitrogens with zero attached hydrogens (tertiary/aromatic N) is 3. The number of amides is 2. The predicted octanol–water partition coefficient (Wildman–Crippen LogP) is 0.817. The summed E-state index contributed by atoms with van der Waals surface area (Å²) in [6.07, 6.45) is 3.05. The smallest absolute Gasteiger partial charge is 0.304 e. The molecule has 1 N–H and O–H groups in total. The van der Waals surface area contributed by atoms with E-state index in [2.05, 4.69) is 5.32 Å². The number of nitrogens with one attached hydrogen (secondary N) is 1. The number of rotatable bonds is 7. The first-order chi connectivity index (χ1) is 12.7. The van der Waals surface area contributed by atoms with E-state index >= 15 is 0 Å². The number of piperidine rings is 1. The molecule has 2 amide bonds. The van der Waals surface area contributed by atoms with Crippen LogP contribution in [0, 0.1) is 0 Å². The van der Waals surface area contributed by atoms with Crippen molar-refractivity contribution in [2.45, 2.75) is 32.2 Å². The minimum Gasteiger partial charge on any atom is -0.343 e. The molecule has 8 nitrogen and oxygen atoms in total. The Bertz CT molecular complexity index is 746. The summed E-state index contributed by atoms with van der Waals surface area (Å²) in [4.78, 5) is 26.7. The van der Waals surface area contributed by atoms with Crippen LogP contribution in [0.15, 0.2) is 30.3 Å². The summed E-state index contributed by atoms with van der Waals surface area (Å²) in [6.45, 7) is 2.62. The molecular weight excluding hydrogens is 368 g/mol. The SMILES string of the molecule is C[C@H](NC(=O)CN(c1ccccc1)S(=O)(=O)N(C)C)C(=O)N1CCCCC1. The van der Waals surface area contributed by atoms with Gasteiger partial charge in [-0.05, 0) is 38.3 Å². The fraction of sp³-hybridized carbons (Fsp3) is 0.556. The second kappa shape index (κ2) is 9.18. The maximum Gasteiger partial charge on any atom is 0.304 e. The van der Waals surface area contributed by atoms with Crippen LogP contribution in [0.25, 0.3) is 0 Å². The van der Waals surface area contributed by atoms with Gasteiger partial charge in [0.05, 0.1) is 5.69 Å². The molecular formula is C18H28N4O4S. The lowest BCUT2D eigenvalue weighted by Gasteiger charge is -2.30. The standard InChI is InChI=1S/C18H28N4O4S/c1-15(18(24)21-12-8-5-9-13-21)19-17(23)14-22(27(25,26)20(2)3)16-10-6-4-7-11-16/h4,6-7,10-11,15H,5,8-9,12-14H2,1-3H3,(H,19,23)/t15-/m0/s1. The zero-order chi connectivity index (χ0) is 20.0. The summed E-state index contributed by atoms with van der Waals surface area (Å²) >= 11 is 0. The van der Waals surface area contributed by atoms with Gasteiger partial charge in [0.2, 0.25) is 11.8 Å². The molecule has 0 spiro atoms. The molecule has 1 fully saturated rings. The molecule has 1 aromatic rings. The van der Waals surface area contributed by atoms with Crippen LogP contribution >= 0.6 is 0 Å². The highest BCUT2D eigenvalue weighted by atomic mass is 32.2. The van der Waals surface area contributed by atoms with Crippen molar-refractivity contribution in [3.63, 3.8) is 0 Å². The van der Waals surface area contributed by atoms with Gasteiger partial charge >= 0.3 is 10.2 Å². The van der Waals surface area contributed by atoms with Crippen molar-refractivity contribution in [1.29, 1.82) is 0 Å². The summed E-state index contributed by atoms with van der Waals surface area (Å²) in [5.74, 6) is -0.660. The quantitative estimate of drug-likeness (QED) is 0.739. The van der Waals surface area contributed by atoms with Crippen molar-refractivity contribution >= 4 is 27.7 Å². The molecule has 150 valence electrons. The van der Waals surface area contributed by atoms with Crippen LogP contribution in [-0.4, -0.2) is 69.2 Å². The molecule has 0 unspecified atom stereocenters. The zero-order valence-electron chi connectivity index (χ0n) is 16.1. The van der Waals surface area contributed by atoms with Gasteiger partial charge in [-0.1, -0.05) is 18.2 Å². The number of carbonyl (C=O) groups is 2. The fourth-order valence-corrected chi connectivity index (χ4v) is 4.03. The molecule has 0 saturated carbocycles. The highest BCUT2D eigenvalue weighted by Crippen LogP contribution is 2.18. The predicted molar refractivity (Wildman–Crippen MR) is 104 cm³/mol. The van der Waals surface area contributed by atoms with Gasteiger partial charge in [-0.2, -0.15) is 12.7 Å². The second-order valence-electron chi connectivity index (χ2n) is 6.81. The molecule has 0 radical (unpaired) electrons. The third-order valence-corrected chi connectivity index (χ3v) is 6.31. The minimum absolute atomic E-state index is 0.134. The number of carbonyl (C=O) groups excluding carboxylic acids is 2. The number of benzene rings is 1. The lowest BCUT2D eigenvalue weighted by molar-refractivity contribution is -0.136. The summed E-state index contributed by atoms with van der Waals surface area (Å²) < 4.78 is 27.3. The number of likely N-dealkylation sites (tertiary alicyclic amines) is 1. The molecule has 1 aliphatic rings. The van der Waals surface area contributed by atoms with E-state index in [-0.39, 0.29) is 5.91 Å². The first-order valence-corrected chi connectivity index (χ1v) is 10.5. The molecule has 0 aromatic heterocycles. The molecule has 0 aliphatic carbocycles. The highest BCUT2D eigenvalue weighted by Gasteiger charge is 2.29. The van der Waals surface area contributed by atoms with Crippen LogP contribution < -0.4 is 9.62 Å². The van der Waals surface area contributed by atoms with E-state index in [1.54, 1.807) is 42.2 Å². The van der Waals surface area contributed by atoms with Gasteiger partial charge in [-0.3, -0.25) is 9.59 Å². The first-order valence-electron chi connectivity index (χ1n) is 9.07. The van der Waals surface area contributed by atoms with Crippen LogP contribution in [0.3, 0.4) is 0 Å². The molecule has 0 bridgehead atoms. The van der Waals surface area contributed by atoms with Gasteiger partial charge in [-0.25, -0.2) is 4.31 Å². The van der Waals surface area contributed by atoms with Crippen molar-refractivity contribution in [1.82, 2.24) is 14.5 Å². The normalized spacial score (nSPS) is 16.1. The Morgan fingerprint density at radius 1 is 1.11 bits per heavy atom. The Morgan fingerprint density at radius 3 is 2.26 bits per heavy atom. The Balaban J connectivity index is 2.08. The lowest BCUT2D eigenvalue weighted by atomic mass is 10.1. The van der Waals surface area contributed by atoms with E-state index in [1.165, 1.54) is 14.1 Å². The topological polar surface area (TPSA) is 90.0 Å². The third kappa shape index (κ3) is 5.43. The van der Waals surface area contributed by atoms with Gasteiger partial charge in [0, 0.05) is 27.2 Å². The number of para-hydroxylation sites is 1. The monoisotopic (exact) mass is 396 g/mol. The average molecular weight is 397 g/mol. The molecule has 1 atom stereocenters. The van der Waals surface area contributed by atoms with E-state index in [9.17, 15) is 18.0 Å². The minimum atomic E-state index is -3.85. The van der Waals surface area contributed by atoms with Crippen molar-refractivity contribution < 1.29 is 18.0 Å². The van der Waals surface area contributed by atoms with E-state index in [0.717, 1.165) is 27.9 Å². The molecule has 27 heavy (non-hydrogen) atoms. The van der Waals surface area contributed by atoms with Crippen molar-refractivity contribution in [2.75, 3.05) is 38.0 Å². The van der Waals surface area contributed by atoms with Gasteiger partial charge in [-0.15, -0.1) is 0 Å². The number of anilines is 1. The van der Waals surface area contributed by atoms with Crippen LogP contribution in [0.4, 0.5) is 5.69 Å². The highest BCUT2D eigenvalue weighted by molar-refractivity contribution is 7.90.